The molecule has 21 heavy (non-hydrogen) atoms. The number of sulfonamides is 1. The zero-order valence-electron chi connectivity index (χ0n) is 12.3. The van der Waals surface area contributed by atoms with Crippen LogP contribution in [0, 0.1) is 11.8 Å². The Hall–Kier alpha value is -0.390. The maximum absolute atomic E-state index is 12.1. The fourth-order valence-corrected chi connectivity index (χ4v) is 4.93. The molecule has 0 saturated heterocycles. The first kappa shape index (κ1) is 17.0. The number of rotatable bonds is 7. The van der Waals surface area contributed by atoms with Crippen LogP contribution in [0.4, 0.5) is 0 Å². The summed E-state index contributed by atoms with van der Waals surface area (Å²) >= 11 is 3.56. The first-order valence-electron chi connectivity index (χ1n) is 7.68. The molecule has 3 nitrogen and oxygen atoms in total. The molecular weight excluding hydrogens is 350 g/mol. The zero-order chi connectivity index (χ0) is 15.1. The molecule has 0 heterocycles. The fraction of sp³-hybridized carbons (Fsp3) is 0.625. The van der Waals surface area contributed by atoms with E-state index in [2.05, 4.69) is 20.7 Å². The molecule has 0 amide bonds. The lowest BCUT2D eigenvalue weighted by molar-refractivity contribution is 0.263. The minimum Gasteiger partial charge on any atom is -0.215 e. The molecule has 1 aromatic rings. The lowest BCUT2D eigenvalue weighted by Crippen LogP contribution is -2.36. The third-order valence-electron chi connectivity index (χ3n) is 4.33. The van der Waals surface area contributed by atoms with Crippen molar-refractivity contribution in [3.63, 3.8) is 0 Å². The van der Waals surface area contributed by atoms with Crippen molar-refractivity contribution in [2.24, 2.45) is 11.8 Å². The molecule has 0 radical (unpaired) electrons. The number of nitrogens with one attached hydrogen (secondary N) is 1. The Labute approximate surface area is 136 Å². The maximum Gasteiger partial charge on any atom is 0.211 e. The predicted octanol–water partition coefficient (Wildman–Crippen LogP) is 3.35. The molecule has 0 spiro atoms. The smallest absolute Gasteiger partial charge is 0.211 e. The predicted molar refractivity (Wildman–Crippen MR) is 91.2 cm³/mol. The van der Waals surface area contributed by atoms with E-state index in [1.165, 1.54) is 19.3 Å². The standard InChI is InChI=1S/C16H24BrNO2S/c17-12-15-8-4-5-9-16(15)13-18-21(19,20)11-10-14-6-2-1-3-7-14/h1-3,6-7,15-16,18H,4-5,8-13H2. The molecule has 1 saturated carbocycles. The molecule has 1 fully saturated rings. The van der Waals surface area contributed by atoms with Gasteiger partial charge in [0.05, 0.1) is 5.75 Å². The molecule has 2 atom stereocenters. The summed E-state index contributed by atoms with van der Waals surface area (Å²) in [5.74, 6) is 1.25. The molecule has 1 aliphatic rings. The SMILES string of the molecule is O=S(=O)(CCc1ccccc1)NCC1CCCCC1CBr. The third kappa shape index (κ3) is 5.72. The molecule has 1 aromatic carbocycles. The van der Waals surface area contributed by atoms with E-state index < -0.39 is 10.0 Å². The van der Waals surface area contributed by atoms with Crippen molar-refractivity contribution in [1.82, 2.24) is 4.72 Å². The molecule has 2 unspecified atom stereocenters. The van der Waals surface area contributed by atoms with E-state index >= 15 is 0 Å². The molecule has 2 rings (SSSR count). The van der Waals surface area contributed by atoms with Gasteiger partial charge in [-0.3, -0.25) is 0 Å². The molecule has 118 valence electrons. The number of hydrogen-bond donors (Lipinski definition) is 1. The van der Waals surface area contributed by atoms with Gasteiger partial charge in [-0.05, 0) is 36.7 Å². The topological polar surface area (TPSA) is 46.2 Å². The van der Waals surface area contributed by atoms with Gasteiger partial charge in [0, 0.05) is 11.9 Å². The maximum atomic E-state index is 12.1. The second-order valence-corrected chi connectivity index (χ2v) is 8.44. The Morgan fingerprint density at radius 1 is 1.10 bits per heavy atom. The van der Waals surface area contributed by atoms with E-state index in [1.54, 1.807) is 0 Å². The summed E-state index contributed by atoms with van der Waals surface area (Å²) in [7, 11) is -3.18. The number of aryl methyl sites for hydroxylation is 1. The van der Waals surface area contributed by atoms with Gasteiger partial charge >= 0.3 is 0 Å². The Kier molecular flexibility index (Phi) is 6.71. The van der Waals surface area contributed by atoms with Gasteiger partial charge < -0.3 is 0 Å². The van der Waals surface area contributed by atoms with Crippen molar-refractivity contribution in [2.45, 2.75) is 32.1 Å². The van der Waals surface area contributed by atoms with Crippen LogP contribution in [0.5, 0.6) is 0 Å². The molecular formula is C16H24BrNO2S. The number of hydrogen-bond acceptors (Lipinski definition) is 2. The van der Waals surface area contributed by atoms with Gasteiger partial charge in [0.2, 0.25) is 10.0 Å². The van der Waals surface area contributed by atoms with Crippen LogP contribution < -0.4 is 4.72 Å². The Balaban J connectivity index is 1.80. The van der Waals surface area contributed by atoms with Crippen LogP contribution in [0.3, 0.4) is 0 Å². The van der Waals surface area contributed by atoms with Gasteiger partial charge in [-0.25, -0.2) is 13.1 Å². The number of halogens is 1. The number of alkyl halides is 1. The van der Waals surface area contributed by atoms with E-state index in [9.17, 15) is 8.42 Å². The van der Waals surface area contributed by atoms with Gasteiger partial charge in [0.1, 0.15) is 0 Å². The average Bonchev–Trinajstić information content (AvgIpc) is 2.52. The van der Waals surface area contributed by atoms with Gasteiger partial charge in [0.15, 0.2) is 0 Å². The van der Waals surface area contributed by atoms with Crippen molar-refractivity contribution in [3.8, 4) is 0 Å². The molecule has 0 aliphatic heterocycles. The lowest BCUT2D eigenvalue weighted by Gasteiger charge is -2.30. The third-order valence-corrected chi connectivity index (χ3v) is 6.51. The summed E-state index contributed by atoms with van der Waals surface area (Å²) in [5, 5.41) is 0.976. The molecule has 5 heteroatoms. The van der Waals surface area contributed by atoms with E-state index in [-0.39, 0.29) is 5.75 Å². The molecule has 0 aromatic heterocycles. The lowest BCUT2D eigenvalue weighted by atomic mass is 9.80. The average molecular weight is 374 g/mol. The van der Waals surface area contributed by atoms with Crippen molar-refractivity contribution in [1.29, 1.82) is 0 Å². The molecule has 1 N–H and O–H groups in total. The Morgan fingerprint density at radius 2 is 1.76 bits per heavy atom. The minimum absolute atomic E-state index is 0.169. The van der Waals surface area contributed by atoms with E-state index in [4.69, 9.17) is 0 Å². The fourth-order valence-electron chi connectivity index (χ4n) is 2.96. The van der Waals surface area contributed by atoms with E-state index in [0.29, 0.717) is 24.8 Å². The van der Waals surface area contributed by atoms with Crippen LogP contribution in [0.1, 0.15) is 31.2 Å². The summed E-state index contributed by atoms with van der Waals surface area (Å²) in [6.45, 7) is 0.591. The summed E-state index contributed by atoms with van der Waals surface area (Å²) in [4.78, 5) is 0. The summed E-state index contributed by atoms with van der Waals surface area (Å²) in [6, 6.07) is 9.77. The van der Waals surface area contributed by atoms with Crippen molar-refractivity contribution >= 4 is 26.0 Å². The molecule has 1 aliphatic carbocycles. The van der Waals surface area contributed by atoms with Crippen LogP contribution in [-0.4, -0.2) is 26.0 Å². The first-order chi connectivity index (χ1) is 10.1. The summed E-state index contributed by atoms with van der Waals surface area (Å²) < 4.78 is 27.1. The van der Waals surface area contributed by atoms with Gasteiger partial charge in [-0.1, -0.05) is 59.1 Å². The molecule has 0 bridgehead atoms. The van der Waals surface area contributed by atoms with Gasteiger partial charge in [0.25, 0.3) is 0 Å². The summed E-state index contributed by atoms with van der Waals surface area (Å²) in [5.41, 5.74) is 1.07. The highest BCUT2D eigenvalue weighted by Crippen LogP contribution is 2.30. The van der Waals surface area contributed by atoms with E-state index in [0.717, 1.165) is 17.3 Å². The minimum atomic E-state index is -3.18. The monoisotopic (exact) mass is 373 g/mol. The first-order valence-corrected chi connectivity index (χ1v) is 10.5. The van der Waals surface area contributed by atoms with Crippen molar-refractivity contribution < 1.29 is 8.42 Å². The van der Waals surface area contributed by atoms with Crippen LogP contribution in [-0.2, 0) is 16.4 Å². The number of benzene rings is 1. The largest absolute Gasteiger partial charge is 0.215 e. The zero-order valence-corrected chi connectivity index (χ0v) is 14.7. The quantitative estimate of drug-likeness (QED) is 0.744. The summed E-state index contributed by atoms with van der Waals surface area (Å²) in [6.07, 6.45) is 5.41. The van der Waals surface area contributed by atoms with Crippen molar-refractivity contribution in [3.05, 3.63) is 35.9 Å². The Morgan fingerprint density at radius 3 is 2.43 bits per heavy atom. The highest BCUT2D eigenvalue weighted by atomic mass is 79.9. The Bertz CT molecular complexity index is 518. The highest BCUT2D eigenvalue weighted by Gasteiger charge is 2.25. The van der Waals surface area contributed by atoms with Crippen LogP contribution in [0.15, 0.2) is 30.3 Å². The second kappa shape index (κ2) is 8.30. The normalized spacial score (nSPS) is 23.1. The van der Waals surface area contributed by atoms with Gasteiger partial charge in [-0.2, -0.15) is 0 Å². The second-order valence-electron chi connectivity index (χ2n) is 5.86. The highest BCUT2D eigenvalue weighted by molar-refractivity contribution is 9.09. The van der Waals surface area contributed by atoms with E-state index in [1.807, 2.05) is 30.3 Å². The van der Waals surface area contributed by atoms with Crippen molar-refractivity contribution in [2.75, 3.05) is 17.6 Å². The van der Waals surface area contributed by atoms with Crippen LogP contribution in [0.25, 0.3) is 0 Å². The van der Waals surface area contributed by atoms with Gasteiger partial charge in [-0.15, -0.1) is 0 Å². The van der Waals surface area contributed by atoms with Crippen LogP contribution in [0.2, 0.25) is 0 Å². The van der Waals surface area contributed by atoms with Crippen LogP contribution >= 0.6 is 15.9 Å².